The van der Waals surface area contributed by atoms with Crippen LogP contribution in [0.4, 0.5) is 0 Å². The van der Waals surface area contributed by atoms with Crippen LogP contribution in [-0.2, 0) is 27.8 Å². The summed E-state index contributed by atoms with van der Waals surface area (Å²) in [7, 11) is 4.99. The fourth-order valence-electron chi connectivity index (χ4n) is 4.17. The van der Waals surface area contributed by atoms with Gasteiger partial charge in [0.05, 0.1) is 47.0 Å². The van der Waals surface area contributed by atoms with Crippen molar-refractivity contribution in [3.63, 3.8) is 0 Å². The zero-order valence-corrected chi connectivity index (χ0v) is 24.5. The summed E-state index contributed by atoms with van der Waals surface area (Å²) in [6.45, 7) is -0.0621. The highest BCUT2D eigenvalue weighted by atomic mass is 32.2. The molecule has 0 bridgehead atoms. The van der Waals surface area contributed by atoms with Crippen molar-refractivity contribution in [3.8, 4) is 28.7 Å². The molecule has 0 saturated carbocycles. The van der Waals surface area contributed by atoms with E-state index in [0.29, 0.717) is 29.4 Å². The maximum absolute atomic E-state index is 13.8. The molecule has 0 aliphatic carbocycles. The minimum absolute atomic E-state index is 0.00158. The van der Waals surface area contributed by atoms with Crippen LogP contribution in [0.5, 0.6) is 28.7 Å². The van der Waals surface area contributed by atoms with Gasteiger partial charge in [0.15, 0.2) is 23.0 Å². The average molecular weight is 573 g/mol. The Balaban J connectivity index is 1.88. The number of likely N-dealkylation sites (N-methyl/N-ethyl adjacent to an activating group) is 1. The van der Waals surface area contributed by atoms with E-state index in [-0.39, 0.29) is 36.2 Å². The summed E-state index contributed by atoms with van der Waals surface area (Å²) in [4.78, 5) is 14.8. The van der Waals surface area contributed by atoms with Gasteiger partial charge in [-0.2, -0.15) is 4.31 Å². The molecule has 0 aliphatic heterocycles. The fourth-order valence-corrected chi connectivity index (χ4v) is 5.58. The molecule has 1 amide bonds. The quantitative estimate of drug-likeness (QED) is 0.289. The lowest BCUT2D eigenvalue weighted by atomic mass is 10.1. The van der Waals surface area contributed by atoms with Gasteiger partial charge in [0.2, 0.25) is 21.7 Å². The van der Waals surface area contributed by atoms with E-state index in [4.69, 9.17) is 23.7 Å². The number of hydrogen-bond donors (Lipinski definition) is 0. The summed E-state index contributed by atoms with van der Waals surface area (Å²) in [5.74, 6) is 1.65. The summed E-state index contributed by atoms with van der Waals surface area (Å²) in [6.07, 6.45) is 0.428. The predicted molar refractivity (Wildman–Crippen MR) is 151 cm³/mol. The molecule has 0 heterocycles. The molecule has 3 aromatic rings. The van der Waals surface area contributed by atoms with Gasteiger partial charge in [-0.25, -0.2) is 8.42 Å². The maximum Gasteiger partial charge on any atom is 0.243 e. The van der Waals surface area contributed by atoms with Gasteiger partial charge < -0.3 is 28.6 Å². The molecule has 0 N–H and O–H groups in total. The monoisotopic (exact) mass is 572 g/mol. The highest BCUT2D eigenvalue weighted by molar-refractivity contribution is 7.89. The van der Waals surface area contributed by atoms with Crippen molar-refractivity contribution in [2.45, 2.75) is 17.9 Å². The molecular weight excluding hydrogens is 536 g/mol. The summed E-state index contributed by atoms with van der Waals surface area (Å²) in [5, 5.41) is 0. The SMILES string of the molecule is COc1ccc(S(=O)(=O)N(CCc2ccccc2)CC(=O)N(C)Cc2cc(OC)c(OC)c(OC)c2)cc1OC. The van der Waals surface area contributed by atoms with Crippen LogP contribution in [0, 0.1) is 0 Å². The molecule has 0 fully saturated rings. The van der Waals surface area contributed by atoms with Gasteiger partial charge in [-0.15, -0.1) is 0 Å². The number of ether oxygens (including phenoxy) is 5. The number of methoxy groups -OCH3 is 5. The fraction of sp³-hybridized carbons (Fsp3) is 0.345. The van der Waals surface area contributed by atoms with Gasteiger partial charge in [0, 0.05) is 26.2 Å². The largest absolute Gasteiger partial charge is 0.493 e. The Kier molecular flexibility index (Phi) is 10.6. The number of amides is 1. The van der Waals surface area contributed by atoms with Crippen molar-refractivity contribution in [1.82, 2.24) is 9.21 Å². The molecule has 0 aliphatic rings. The van der Waals surface area contributed by atoms with Crippen LogP contribution < -0.4 is 23.7 Å². The van der Waals surface area contributed by atoms with Crippen LogP contribution >= 0.6 is 0 Å². The summed E-state index contributed by atoms with van der Waals surface area (Å²) in [5.41, 5.74) is 1.68. The predicted octanol–water partition coefficient (Wildman–Crippen LogP) is 3.62. The molecule has 3 rings (SSSR count). The molecular formula is C29H36N2O8S. The number of sulfonamides is 1. The lowest BCUT2D eigenvalue weighted by Gasteiger charge is -2.26. The molecule has 0 unspecified atom stereocenters. The van der Waals surface area contributed by atoms with Crippen molar-refractivity contribution in [2.24, 2.45) is 0 Å². The topological polar surface area (TPSA) is 104 Å². The highest BCUT2D eigenvalue weighted by Crippen LogP contribution is 2.38. The van der Waals surface area contributed by atoms with E-state index >= 15 is 0 Å². The van der Waals surface area contributed by atoms with Crippen molar-refractivity contribution in [2.75, 3.05) is 55.7 Å². The van der Waals surface area contributed by atoms with Crippen LogP contribution in [0.25, 0.3) is 0 Å². The molecule has 0 spiro atoms. The zero-order chi connectivity index (χ0) is 29.3. The summed E-state index contributed by atoms with van der Waals surface area (Å²) < 4.78 is 55.5. The van der Waals surface area contributed by atoms with Crippen LogP contribution in [-0.4, -0.2) is 79.2 Å². The normalized spacial score (nSPS) is 11.2. The molecule has 0 saturated heterocycles. The zero-order valence-electron chi connectivity index (χ0n) is 23.7. The molecule has 0 atom stereocenters. The Morgan fingerprint density at radius 3 is 1.88 bits per heavy atom. The third kappa shape index (κ3) is 7.16. The van der Waals surface area contributed by atoms with E-state index in [1.165, 1.54) is 63.0 Å². The first kappa shape index (κ1) is 30.6. The second-order valence-corrected chi connectivity index (χ2v) is 10.8. The molecule has 3 aromatic carbocycles. The van der Waals surface area contributed by atoms with Crippen molar-refractivity contribution in [3.05, 3.63) is 71.8 Å². The second kappa shape index (κ2) is 13.9. The molecule has 0 aromatic heterocycles. The lowest BCUT2D eigenvalue weighted by Crippen LogP contribution is -2.42. The number of benzene rings is 3. The Morgan fingerprint density at radius 2 is 1.32 bits per heavy atom. The summed E-state index contributed by atoms with van der Waals surface area (Å²) in [6, 6.07) is 17.4. The third-order valence-corrected chi connectivity index (χ3v) is 8.21. The number of hydrogen-bond acceptors (Lipinski definition) is 8. The van der Waals surface area contributed by atoms with Crippen LogP contribution in [0.3, 0.4) is 0 Å². The Bertz CT molecular complexity index is 1370. The number of carbonyl (C=O) groups is 1. The Morgan fingerprint density at radius 1 is 0.725 bits per heavy atom. The van der Waals surface area contributed by atoms with Gasteiger partial charge in [-0.1, -0.05) is 30.3 Å². The van der Waals surface area contributed by atoms with E-state index in [2.05, 4.69) is 0 Å². The van der Waals surface area contributed by atoms with Crippen molar-refractivity contribution >= 4 is 15.9 Å². The Hall–Kier alpha value is -3.96. The average Bonchev–Trinajstić information content (AvgIpc) is 2.98. The van der Waals surface area contributed by atoms with Crippen LogP contribution in [0.1, 0.15) is 11.1 Å². The van der Waals surface area contributed by atoms with Gasteiger partial charge in [0.25, 0.3) is 0 Å². The molecule has 216 valence electrons. The maximum atomic E-state index is 13.8. The number of carbonyl (C=O) groups excluding carboxylic acids is 1. The summed E-state index contributed by atoms with van der Waals surface area (Å²) >= 11 is 0. The molecule has 40 heavy (non-hydrogen) atoms. The first-order valence-electron chi connectivity index (χ1n) is 12.5. The first-order chi connectivity index (χ1) is 19.2. The standard InChI is InChI=1S/C29H36N2O8S/c1-30(19-22-16-26(37-4)29(39-6)27(17-22)38-5)28(32)20-31(15-14-21-10-8-7-9-11-21)40(33,34)23-12-13-24(35-2)25(18-23)36-3/h7-13,16-18H,14-15,19-20H2,1-6H3. The highest BCUT2D eigenvalue weighted by Gasteiger charge is 2.29. The van der Waals surface area contributed by atoms with Crippen LogP contribution in [0.2, 0.25) is 0 Å². The van der Waals surface area contributed by atoms with Crippen molar-refractivity contribution in [1.29, 1.82) is 0 Å². The van der Waals surface area contributed by atoms with E-state index in [9.17, 15) is 13.2 Å². The van der Waals surface area contributed by atoms with Gasteiger partial charge in [-0.3, -0.25) is 4.79 Å². The Labute approximate surface area is 236 Å². The minimum atomic E-state index is -4.07. The van der Waals surface area contributed by atoms with Crippen molar-refractivity contribution < 1.29 is 36.9 Å². The van der Waals surface area contributed by atoms with E-state index < -0.39 is 10.0 Å². The number of rotatable bonds is 14. The second-order valence-electron chi connectivity index (χ2n) is 8.87. The first-order valence-corrected chi connectivity index (χ1v) is 13.9. The molecule has 11 heteroatoms. The van der Waals surface area contributed by atoms with E-state index in [0.717, 1.165) is 11.1 Å². The molecule has 10 nitrogen and oxygen atoms in total. The van der Waals surface area contributed by atoms with Crippen LogP contribution in [0.15, 0.2) is 65.6 Å². The number of nitrogens with zero attached hydrogens (tertiary/aromatic N) is 2. The smallest absolute Gasteiger partial charge is 0.243 e. The lowest BCUT2D eigenvalue weighted by molar-refractivity contribution is -0.130. The minimum Gasteiger partial charge on any atom is -0.493 e. The molecule has 0 radical (unpaired) electrons. The van der Waals surface area contributed by atoms with Gasteiger partial charge in [0.1, 0.15) is 0 Å². The van der Waals surface area contributed by atoms with E-state index in [1.807, 2.05) is 30.3 Å². The van der Waals surface area contributed by atoms with E-state index in [1.54, 1.807) is 19.2 Å². The van der Waals surface area contributed by atoms with Gasteiger partial charge in [-0.05, 0) is 41.8 Å². The third-order valence-electron chi connectivity index (χ3n) is 6.37. The van der Waals surface area contributed by atoms with Gasteiger partial charge >= 0.3 is 0 Å².